The molecule has 1 aromatic carbocycles. The zero-order valence-electron chi connectivity index (χ0n) is 31.0. The summed E-state index contributed by atoms with van der Waals surface area (Å²) in [5, 5.41) is 7.03. The molecule has 0 atom stereocenters. The van der Waals surface area contributed by atoms with Gasteiger partial charge in [-0.25, -0.2) is 14.8 Å². The van der Waals surface area contributed by atoms with E-state index in [0.29, 0.717) is 40.6 Å². The second kappa shape index (κ2) is 15.4. The molecule has 4 fully saturated rings. The molecule has 1 saturated carbocycles. The minimum absolute atomic E-state index is 0.0210. The second-order valence-electron chi connectivity index (χ2n) is 15.1. The average Bonchev–Trinajstić information content (AvgIpc) is 3.84. The summed E-state index contributed by atoms with van der Waals surface area (Å²) in [6, 6.07) is 11.7. The predicted molar refractivity (Wildman–Crippen MR) is 211 cm³/mol. The fourth-order valence-corrected chi connectivity index (χ4v) is 8.67. The van der Waals surface area contributed by atoms with E-state index in [1.54, 1.807) is 25.2 Å². The Bertz CT molecular complexity index is 2010. The van der Waals surface area contributed by atoms with Crippen molar-refractivity contribution in [1.82, 2.24) is 34.6 Å². The van der Waals surface area contributed by atoms with Gasteiger partial charge >= 0.3 is 6.03 Å². The van der Waals surface area contributed by atoms with Crippen LogP contribution in [0.2, 0.25) is 5.02 Å². The van der Waals surface area contributed by atoms with Crippen LogP contribution in [0.15, 0.2) is 48.8 Å². The maximum atomic E-state index is 13.1. The van der Waals surface area contributed by atoms with Crippen LogP contribution >= 0.6 is 11.6 Å². The highest BCUT2D eigenvalue weighted by Gasteiger charge is 2.29. The van der Waals surface area contributed by atoms with Crippen molar-refractivity contribution in [1.29, 1.82) is 0 Å². The van der Waals surface area contributed by atoms with Gasteiger partial charge in [0.1, 0.15) is 17.2 Å². The number of pyridine rings is 1. The molecule has 2 N–H and O–H groups in total. The van der Waals surface area contributed by atoms with Crippen molar-refractivity contribution >= 4 is 69.3 Å². The van der Waals surface area contributed by atoms with E-state index in [0.717, 1.165) is 107 Å². The van der Waals surface area contributed by atoms with Gasteiger partial charge in [0, 0.05) is 96.2 Å². The first-order valence-electron chi connectivity index (χ1n) is 19.2. The van der Waals surface area contributed by atoms with Crippen LogP contribution in [-0.2, 0) is 4.79 Å². The summed E-state index contributed by atoms with van der Waals surface area (Å²) >= 11 is 6.63. The van der Waals surface area contributed by atoms with Gasteiger partial charge in [0.2, 0.25) is 11.9 Å². The number of nitrogens with one attached hydrogen (secondary N) is 2. The number of piperidine rings is 1. The normalized spacial score (nSPS) is 19.1. The van der Waals surface area contributed by atoms with Crippen LogP contribution in [0, 0.1) is 5.92 Å². The third-order valence-corrected chi connectivity index (χ3v) is 11.7. The van der Waals surface area contributed by atoms with Crippen LogP contribution in [0.5, 0.6) is 0 Å². The van der Waals surface area contributed by atoms with Gasteiger partial charge in [0.15, 0.2) is 0 Å². The molecule has 14 nitrogen and oxygen atoms in total. The predicted octanol–water partition coefficient (Wildman–Crippen LogP) is 5.53. The van der Waals surface area contributed by atoms with E-state index in [-0.39, 0.29) is 24.3 Å². The number of anilines is 5. The van der Waals surface area contributed by atoms with E-state index >= 15 is 0 Å². The average molecular weight is 754 g/mol. The Morgan fingerprint density at radius 1 is 0.889 bits per heavy atom. The standard InChI is InChI=1S/C39H48ClN11O3/c1-46(2)37(53)33-21-27-23-42-38(45-36(27)51(33)28-5-3-4-6-28)43-34-10-8-30(24-41-34)49-19-17-47(18-20-49)25-26-11-14-48(15-12-26)29-7-9-32(31(40)22-29)50-16-13-35(52)44-39(50)54/h7-10,21-24,26,28H,3-6,11-20,25H2,1-2H3,(H,44,52,54)(H,41,42,43,45). The Balaban J connectivity index is 0.820. The van der Waals surface area contributed by atoms with Gasteiger partial charge in [-0.1, -0.05) is 24.4 Å². The fourth-order valence-electron chi connectivity index (χ4n) is 8.39. The lowest BCUT2D eigenvalue weighted by Crippen LogP contribution is -2.49. The van der Waals surface area contributed by atoms with Gasteiger partial charge in [-0.05, 0) is 68.0 Å². The number of urea groups is 1. The number of amides is 4. The molecule has 0 bridgehead atoms. The number of hydrogen-bond donors (Lipinski definition) is 2. The van der Waals surface area contributed by atoms with E-state index in [1.807, 2.05) is 36.5 Å². The maximum absolute atomic E-state index is 13.1. The number of imide groups is 1. The van der Waals surface area contributed by atoms with Gasteiger partial charge in [0.05, 0.1) is 22.6 Å². The van der Waals surface area contributed by atoms with E-state index in [4.69, 9.17) is 21.6 Å². The summed E-state index contributed by atoms with van der Waals surface area (Å²) in [5.74, 6) is 1.51. The molecule has 4 aliphatic rings. The molecule has 8 rings (SSSR count). The lowest BCUT2D eigenvalue weighted by Gasteiger charge is -2.40. The highest BCUT2D eigenvalue weighted by Crippen LogP contribution is 2.36. The number of hydrogen-bond acceptors (Lipinski definition) is 10. The van der Waals surface area contributed by atoms with E-state index < -0.39 is 6.03 Å². The Hall–Kier alpha value is -4.95. The maximum Gasteiger partial charge on any atom is 0.328 e. The van der Waals surface area contributed by atoms with Crippen LogP contribution in [0.1, 0.15) is 61.5 Å². The van der Waals surface area contributed by atoms with Gasteiger partial charge in [0.25, 0.3) is 5.91 Å². The Kier molecular flexibility index (Phi) is 10.3. The molecule has 54 heavy (non-hydrogen) atoms. The van der Waals surface area contributed by atoms with Crippen molar-refractivity contribution in [2.24, 2.45) is 5.92 Å². The summed E-state index contributed by atoms with van der Waals surface area (Å²) in [6.45, 7) is 7.30. The molecule has 3 aromatic heterocycles. The van der Waals surface area contributed by atoms with Crippen LogP contribution in [0.3, 0.4) is 0 Å². The highest BCUT2D eigenvalue weighted by atomic mass is 35.5. The van der Waals surface area contributed by atoms with Gasteiger partial charge < -0.3 is 24.6 Å². The fraction of sp³-hybridized carbons (Fsp3) is 0.487. The summed E-state index contributed by atoms with van der Waals surface area (Å²) < 4.78 is 2.12. The Morgan fingerprint density at radius 3 is 2.31 bits per heavy atom. The van der Waals surface area contributed by atoms with Crippen molar-refractivity contribution in [2.45, 2.75) is 51.0 Å². The molecule has 3 aliphatic heterocycles. The minimum Gasteiger partial charge on any atom is -0.371 e. The zero-order valence-corrected chi connectivity index (χ0v) is 31.8. The molecule has 0 radical (unpaired) electrons. The lowest BCUT2D eigenvalue weighted by molar-refractivity contribution is -0.120. The van der Waals surface area contributed by atoms with Crippen molar-refractivity contribution in [3.8, 4) is 0 Å². The summed E-state index contributed by atoms with van der Waals surface area (Å²) in [4.78, 5) is 61.6. The number of carbonyl (C=O) groups excluding carboxylic acids is 3. The van der Waals surface area contributed by atoms with E-state index in [1.165, 1.54) is 4.90 Å². The van der Waals surface area contributed by atoms with Crippen molar-refractivity contribution < 1.29 is 14.4 Å². The first-order chi connectivity index (χ1) is 26.2. The third-order valence-electron chi connectivity index (χ3n) is 11.4. The Labute approximate surface area is 320 Å². The minimum atomic E-state index is -0.425. The molecule has 15 heteroatoms. The summed E-state index contributed by atoms with van der Waals surface area (Å²) in [5.41, 5.74) is 4.25. The van der Waals surface area contributed by atoms with Crippen LogP contribution < -0.4 is 25.3 Å². The molecule has 6 heterocycles. The molecule has 0 spiro atoms. The van der Waals surface area contributed by atoms with Crippen LogP contribution in [0.25, 0.3) is 11.0 Å². The summed E-state index contributed by atoms with van der Waals surface area (Å²) in [7, 11) is 3.57. The van der Waals surface area contributed by atoms with Gasteiger partial charge in [-0.3, -0.25) is 24.7 Å². The van der Waals surface area contributed by atoms with E-state index in [2.05, 4.69) is 41.0 Å². The number of benzene rings is 1. The van der Waals surface area contributed by atoms with E-state index in [9.17, 15) is 14.4 Å². The molecule has 4 aromatic rings. The van der Waals surface area contributed by atoms with Crippen molar-refractivity contribution in [3.05, 3.63) is 59.5 Å². The van der Waals surface area contributed by atoms with Crippen LogP contribution in [-0.4, -0.2) is 114 Å². The molecule has 284 valence electrons. The first-order valence-corrected chi connectivity index (χ1v) is 19.5. The smallest absolute Gasteiger partial charge is 0.328 e. The van der Waals surface area contributed by atoms with Crippen molar-refractivity contribution in [3.63, 3.8) is 0 Å². The van der Waals surface area contributed by atoms with Gasteiger partial charge in [-0.2, -0.15) is 4.98 Å². The SMILES string of the molecule is CN(C)C(=O)c1cc2cnc(Nc3ccc(N4CCN(CC5CCN(c6ccc(N7CCC(=O)NC7=O)c(Cl)c6)CC5)CC4)cn3)nc2n1C1CCCC1. The number of halogens is 1. The monoisotopic (exact) mass is 753 g/mol. The highest BCUT2D eigenvalue weighted by molar-refractivity contribution is 6.34. The largest absolute Gasteiger partial charge is 0.371 e. The third kappa shape index (κ3) is 7.54. The molecule has 3 saturated heterocycles. The number of piperazine rings is 1. The quantitative estimate of drug-likeness (QED) is 0.225. The molecule has 1 aliphatic carbocycles. The van der Waals surface area contributed by atoms with Gasteiger partial charge in [-0.15, -0.1) is 0 Å². The number of nitrogens with zero attached hydrogens (tertiary/aromatic N) is 9. The topological polar surface area (TPSA) is 135 Å². The molecule has 0 unspecified atom stereocenters. The molecular formula is C39H48ClN11O3. The van der Waals surface area contributed by atoms with Crippen molar-refractivity contribution in [2.75, 3.05) is 86.5 Å². The number of fused-ring (bicyclic) bond motifs is 1. The first kappa shape index (κ1) is 36.0. The number of rotatable bonds is 9. The van der Waals surface area contributed by atoms with Crippen LogP contribution in [0.4, 0.5) is 33.6 Å². The number of aromatic nitrogens is 4. The summed E-state index contributed by atoms with van der Waals surface area (Å²) in [6.07, 6.45) is 10.6. The Morgan fingerprint density at radius 2 is 1.63 bits per heavy atom. The molecular weight excluding hydrogens is 706 g/mol. The molecule has 4 amide bonds. The second-order valence-corrected chi connectivity index (χ2v) is 15.6. The zero-order chi connectivity index (χ0) is 37.3. The number of carbonyl (C=O) groups is 3. The lowest BCUT2D eigenvalue weighted by atomic mass is 9.95.